The highest BCUT2D eigenvalue weighted by atomic mass is 32.1. The molecular formula is C19H20N4O3S. The lowest BCUT2D eigenvalue weighted by molar-refractivity contribution is -0.116. The number of nitrogens with zero attached hydrogens (tertiary/aromatic N) is 3. The summed E-state index contributed by atoms with van der Waals surface area (Å²) in [5.74, 6) is 0.305. The molecule has 4 rings (SSSR count). The lowest BCUT2D eigenvalue weighted by Gasteiger charge is -2.10. The van der Waals surface area contributed by atoms with Crippen LogP contribution in [0.1, 0.15) is 29.7 Å². The Balaban J connectivity index is 1.47. The number of fused-ring (bicyclic) bond motifs is 3. The van der Waals surface area contributed by atoms with Crippen molar-refractivity contribution in [2.45, 2.75) is 38.6 Å². The van der Waals surface area contributed by atoms with E-state index in [1.54, 1.807) is 29.8 Å². The van der Waals surface area contributed by atoms with Gasteiger partial charge in [0.15, 0.2) is 0 Å². The van der Waals surface area contributed by atoms with E-state index in [4.69, 9.17) is 4.74 Å². The van der Waals surface area contributed by atoms with E-state index in [1.807, 2.05) is 0 Å². The third-order valence-electron chi connectivity index (χ3n) is 4.75. The van der Waals surface area contributed by atoms with Crippen molar-refractivity contribution in [3.63, 3.8) is 0 Å². The van der Waals surface area contributed by atoms with Gasteiger partial charge < -0.3 is 10.1 Å². The molecule has 0 bridgehead atoms. The molecule has 1 amide bonds. The van der Waals surface area contributed by atoms with Crippen molar-refractivity contribution in [1.82, 2.24) is 14.5 Å². The molecule has 0 spiro atoms. The van der Waals surface area contributed by atoms with Gasteiger partial charge in [-0.2, -0.15) is 0 Å². The molecule has 1 aliphatic rings. The number of hydrogen-bond acceptors (Lipinski definition) is 6. The molecule has 3 aromatic rings. The van der Waals surface area contributed by atoms with Crippen molar-refractivity contribution in [2.75, 3.05) is 12.4 Å². The van der Waals surface area contributed by atoms with E-state index in [0.717, 1.165) is 29.5 Å². The summed E-state index contributed by atoms with van der Waals surface area (Å²) >= 11 is 1.63. The van der Waals surface area contributed by atoms with Crippen molar-refractivity contribution in [2.24, 2.45) is 0 Å². The van der Waals surface area contributed by atoms with E-state index in [-0.39, 0.29) is 17.9 Å². The number of carbonyl (C=O) groups excluding carboxylic acids is 1. The van der Waals surface area contributed by atoms with Crippen LogP contribution in [-0.4, -0.2) is 27.6 Å². The number of hydrogen-bond donors (Lipinski definition) is 1. The second kappa shape index (κ2) is 7.48. The number of amides is 1. The second-order valence-electron chi connectivity index (χ2n) is 6.52. The average Bonchev–Trinajstić information content (AvgIpc) is 3.07. The topological polar surface area (TPSA) is 86.1 Å². The first-order chi connectivity index (χ1) is 13.2. The van der Waals surface area contributed by atoms with Crippen LogP contribution in [0.3, 0.4) is 0 Å². The molecule has 140 valence electrons. The van der Waals surface area contributed by atoms with E-state index in [9.17, 15) is 9.59 Å². The lowest BCUT2D eigenvalue weighted by atomic mass is 9.97. The van der Waals surface area contributed by atoms with Crippen LogP contribution in [0, 0.1) is 0 Å². The monoisotopic (exact) mass is 384 g/mol. The number of aryl methyl sites for hydroxylation is 3. The predicted molar refractivity (Wildman–Crippen MR) is 105 cm³/mol. The van der Waals surface area contributed by atoms with Crippen LogP contribution in [0.15, 0.2) is 29.5 Å². The zero-order chi connectivity index (χ0) is 18.8. The van der Waals surface area contributed by atoms with Crippen LogP contribution in [-0.2, 0) is 24.2 Å². The quantitative estimate of drug-likeness (QED) is 0.731. The van der Waals surface area contributed by atoms with E-state index in [2.05, 4.69) is 15.3 Å². The van der Waals surface area contributed by atoms with Crippen molar-refractivity contribution in [1.29, 1.82) is 0 Å². The zero-order valence-electron chi connectivity index (χ0n) is 15.0. The molecule has 0 aromatic carbocycles. The van der Waals surface area contributed by atoms with Gasteiger partial charge in [0.25, 0.3) is 5.56 Å². The fourth-order valence-electron chi connectivity index (χ4n) is 3.36. The first kappa shape index (κ1) is 17.7. The highest BCUT2D eigenvalue weighted by molar-refractivity contribution is 7.18. The first-order valence-electron chi connectivity index (χ1n) is 8.95. The number of ether oxygens (including phenoxy) is 1. The van der Waals surface area contributed by atoms with E-state index in [1.165, 1.54) is 34.7 Å². The molecule has 7 nitrogen and oxygen atoms in total. The van der Waals surface area contributed by atoms with Crippen molar-refractivity contribution in [3.8, 4) is 5.88 Å². The molecule has 0 aliphatic heterocycles. The summed E-state index contributed by atoms with van der Waals surface area (Å²) in [6.07, 6.45) is 7.55. The first-order valence-corrected chi connectivity index (χ1v) is 9.77. The maximum absolute atomic E-state index is 12.9. The van der Waals surface area contributed by atoms with Gasteiger partial charge in [-0.15, -0.1) is 11.3 Å². The fourth-order valence-corrected chi connectivity index (χ4v) is 4.58. The Morgan fingerprint density at radius 3 is 2.93 bits per heavy atom. The minimum atomic E-state index is -0.179. The molecule has 0 atom stereocenters. The lowest BCUT2D eigenvalue weighted by Crippen LogP contribution is -2.24. The summed E-state index contributed by atoms with van der Waals surface area (Å²) in [4.78, 5) is 35.7. The van der Waals surface area contributed by atoms with Crippen molar-refractivity contribution in [3.05, 3.63) is 45.5 Å². The minimum absolute atomic E-state index is 0.0432. The Labute approximate surface area is 160 Å². The van der Waals surface area contributed by atoms with Gasteiger partial charge in [-0.3, -0.25) is 14.2 Å². The number of anilines is 1. The molecule has 0 fully saturated rings. The van der Waals surface area contributed by atoms with Gasteiger partial charge in [0.2, 0.25) is 11.8 Å². The Morgan fingerprint density at radius 1 is 1.30 bits per heavy atom. The minimum Gasteiger partial charge on any atom is -0.481 e. The van der Waals surface area contributed by atoms with Crippen LogP contribution < -0.4 is 15.6 Å². The number of nitrogens with one attached hydrogen (secondary N) is 1. The van der Waals surface area contributed by atoms with Gasteiger partial charge >= 0.3 is 0 Å². The largest absolute Gasteiger partial charge is 0.481 e. The third-order valence-corrected chi connectivity index (χ3v) is 5.95. The predicted octanol–water partition coefficient (Wildman–Crippen LogP) is 2.77. The molecule has 3 aromatic heterocycles. The molecule has 0 saturated carbocycles. The van der Waals surface area contributed by atoms with Gasteiger partial charge in [-0.1, -0.05) is 0 Å². The fraction of sp³-hybridized carbons (Fsp3) is 0.368. The second-order valence-corrected chi connectivity index (χ2v) is 7.61. The number of thiophene rings is 1. The number of methoxy groups -OCH3 is 1. The molecular weight excluding hydrogens is 364 g/mol. The number of rotatable bonds is 5. The van der Waals surface area contributed by atoms with Crippen LogP contribution >= 0.6 is 11.3 Å². The van der Waals surface area contributed by atoms with Gasteiger partial charge in [-0.05, 0) is 37.3 Å². The van der Waals surface area contributed by atoms with E-state index >= 15 is 0 Å². The Hall–Kier alpha value is -2.74. The summed E-state index contributed by atoms with van der Waals surface area (Å²) in [6.45, 7) is 0.293. The van der Waals surface area contributed by atoms with Crippen LogP contribution in [0.2, 0.25) is 0 Å². The summed E-state index contributed by atoms with van der Waals surface area (Å²) in [7, 11) is 1.54. The van der Waals surface area contributed by atoms with Crippen LogP contribution in [0.25, 0.3) is 10.2 Å². The van der Waals surface area contributed by atoms with Gasteiger partial charge in [0, 0.05) is 23.9 Å². The highest BCUT2D eigenvalue weighted by Gasteiger charge is 2.20. The zero-order valence-corrected chi connectivity index (χ0v) is 15.8. The maximum atomic E-state index is 12.9. The number of carbonyl (C=O) groups is 1. The van der Waals surface area contributed by atoms with Gasteiger partial charge in [0.05, 0.1) is 30.7 Å². The molecule has 0 saturated heterocycles. The molecule has 8 heteroatoms. The molecule has 27 heavy (non-hydrogen) atoms. The van der Waals surface area contributed by atoms with E-state index in [0.29, 0.717) is 18.1 Å². The molecule has 1 N–H and O–H groups in total. The summed E-state index contributed by atoms with van der Waals surface area (Å²) < 4.78 is 6.53. The maximum Gasteiger partial charge on any atom is 0.262 e. The average molecular weight is 384 g/mol. The standard InChI is InChI=1S/C19H20N4O3S/c1-26-16-7-6-12(10-20-16)22-15(24)8-9-23-11-21-18-17(19(23)25)13-4-2-3-5-14(13)27-18/h6-7,10-11H,2-5,8-9H2,1H3,(H,22,24). The highest BCUT2D eigenvalue weighted by Crippen LogP contribution is 2.33. The molecule has 0 unspecified atom stereocenters. The molecule has 0 radical (unpaired) electrons. The summed E-state index contributed by atoms with van der Waals surface area (Å²) in [5, 5.41) is 3.52. The summed E-state index contributed by atoms with van der Waals surface area (Å²) in [5.41, 5.74) is 1.72. The van der Waals surface area contributed by atoms with Gasteiger partial charge in [0.1, 0.15) is 4.83 Å². The van der Waals surface area contributed by atoms with Crippen LogP contribution in [0.4, 0.5) is 5.69 Å². The normalized spacial score (nSPS) is 13.4. The van der Waals surface area contributed by atoms with Crippen molar-refractivity contribution < 1.29 is 9.53 Å². The molecule has 3 heterocycles. The van der Waals surface area contributed by atoms with Crippen LogP contribution in [0.5, 0.6) is 5.88 Å². The van der Waals surface area contributed by atoms with Crippen molar-refractivity contribution >= 4 is 33.1 Å². The molecule has 1 aliphatic carbocycles. The van der Waals surface area contributed by atoms with Gasteiger partial charge in [-0.25, -0.2) is 9.97 Å². The van der Waals surface area contributed by atoms with E-state index < -0.39 is 0 Å². The summed E-state index contributed by atoms with van der Waals surface area (Å²) in [6, 6.07) is 3.40. The Bertz CT molecular complexity index is 1040. The smallest absolute Gasteiger partial charge is 0.262 e. The number of pyridine rings is 1. The Morgan fingerprint density at radius 2 is 2.15 bits per heavy atom. The Kier molecular flexibility index (Phi) is 4.89. The SMILES string of the molecule is COc1ccc(NC(=O)CCn2cnc3sc4c(c3c2=O)CCCC4)cn1. The third kappa shape index (κ3) is 3.57. The number of aromatic nitrogens is 3.